The van der Waals surface area contributed by atoms with Crippen molar-refractivity contribution in [3.63, 3.8) is 0 Å². The zero-order valence-corrected chi connectivity index (χ0v) is 16.1. The summed E-state index contributed by atoms with van der Waals surface area (Å²) in [5, 5.41) is 0. The normalized spacial score (nSPS) is 12.4. The molecule has 0 bridgehead atoms. The van der Waals surface area contributed by atoms with Crippen LogP contribution in [-0.4, -0.2) is 14.3 Å². The first-order chi connectivity index (χ1) is 13.4. The van der Waals surface area contributed by atoms with Crippen molar-refractivity contribution in [1.29, 1.82) is 0 Å². The molecular weight excluding hydrogens is 377 g/mol. The monoisotopic (exact) mass is 397 g/mol. The van der Waals surface area contributed by atoms with E-state index in [1.807, 2.05) is 18.2 Å². The van der Waals surface area contributed by atoms with Crippen LogP contribution in [0.15, 0.2) is 78.9 Å². The molecule has 0 fully saturated rings. The molecule has 3 aromatic rings. The van der Waals surface area contributed by atoms with Crippen molar-refractivity contribution < 1.29 is 17.6 Å². The van der Waals surface area contributed by atoms with E-state index in [0.29, 0.717) is 16.7 Å². The Kier molecular flexibility index (Phi) is 5.90. The molecule has 0 radical (unpaired) electrons. The van der Waals surface area contributed by atoms with Crippen LogP contribution in [0.25, 0.3) is 11.1 Å². The van der Waals surface area contributed by atoms with Gasteiger partial charge < -0.3 is 0 Å². The third-order valence-electron chi connectivity index (χ3n) is 4.43. The Balaban J connectivity index is 1.73. The summed E-state index contributed by atoms with van der Waals surface area (Å²) in [5.74, 6) is -2.27. The van der Waals surface area contributed by atoms with Gasteiger partial charge in [-0.05, 0) is 29.7 Å². The fraction of sp³-hybridized carbons (Fsp3) is 0.136. The summed E-state index contributed by atoms with van der Waals surface area (Å²) in [6.07, 6.45) is 0. The van der Waals surface area contributed by atoms with Gasteiger partial charge in [-0.3, -0.25) is 9.52 Å². The van der Waals surface area contributed by atoms with Crippen LogP contribution in [0, 0.1) is 5.82 Å². The van der Waals surface area contributed by atoms with E-state index in [9.17, 15) is 17.6 Å². The minimum absolute atomic E-state index is 0.298. The lowest BCUT2D eigenvalue weighted by Gasteiger charge is -2.14. The summed E-state index contributed by atoms with van der Waals surface area (Å²) < 4.78 is 41.1. The molecule has 4 nitrogen and oxygen atoms in total. The second-order valence-corrected chi connectivity index (χ2v) is 8.26. The molecule has 1 atom stereocenters. The Morgan fingerprint density at radius 3 is 2.18 bits per heavy atom. The number of carbonyl (C=O) groups is 1. The van der Waals surface area contributed by atoms with Crippen molar-refractivity contribution in [3.8, 4) is 11.1 Å². The minimum Gasteiger partial charge on any atom is -0.273 e. The molecule has 0 aromatic heterocycles. The second kappa shape index (κ2) is 8.35. The van der Waals surface area contributed by atoms with E-state index < -0.39 is 27.7 Å². The van der Waals surface area contributed by atoms with E-state index >= 15 is 0 Å². The number of halogens is 1. The van der Waals surface area contributed by atoms with Crippen LogP contribution < -0.4 is 4.72 Å². The molecule has 0 saturated carbocycles. The molecule has 0 heterocycles. The number of hydrogen-bond acceptors (Lipinski definition) is 3. The molecule has 0 spiro atoms. The summed E-state index contributed by atoms with van der Waals surface area (Å²) in [7, 11) is -3.84. The Hall–Kier alpha value is -2.99. The largest absolute Gasteiger partial charge is 0.273 e. The van der Waals surface area contributed by atoms with E-state index in [4.69, 9.17) is 0 Å². The summed E-state index contributed by atoms with van der Waals surface area (Å²) in [6, 6.07) is 22.2. The van der Waals surface area contributed by atoms with Gasteiger partial charge in [0.05, 0.1) is 11.7 Å². The number of amides is 1. The highest BCUT2D eigenvalue weighted by atomic mass is 32.2. The Bertz CT molecular complexity index is 1070. The molecule has 1 amide bonds. The predicted octanol–water partition coefficient (Wildman–Crippen LogP) is 4.24. The molecule has 28 heavy (non-hydrogen) atoms. The van der Waals surface area contributed by atoms with Crippen molar-refractivity contribution in [2.75, 3.05) is 0 Å². The highest BCUT2D eigenvalue weighted by molar-refractivity contribution is 7.89. The molecule has 3 rings (SSSR count). The van der Waals surface area contributed by atoms with E-state index in [1.54, 1.807) is 61.5 Å². The van der Waals surface area contributed by atoms with Gasteiger partial charge in [0.15, 0.2) is 0 Å². The molecule has 3 aromatic carbocycles. The van der Waals surface area contributed by atoms with Crippen LogP contribution in [0.3, 0.4) is 0 Å². The lowest BCUT2D eigenvalue weighted by Crippen LogP contribution is -2.34. The predicted molar refractivity (Wildman–Crippen MR) is 107 cm³/mol. The molecule has 0 saturated heterocycles. The van der Waals surface area contributed by atoms with Crippen molar-refractivity contribution in [1.82, 2.24) is 4.72 Å². The number of benzene rings is 3. The maximum Gasteiger partial charge on any atom is 0.240 e. The second-order valence-electron chi connectivity index (χ2n) is 6.54. The summed E-state index contributed by atoms with van der Waals surface area (Å²) in [6.45, 7) is 1.55. The van der Waals surface area contributed by atoms with Gasteiger partial charge in [0.2, 0.25) is 15.9 Å². The SMILES string of the molecule is C[C@@H](C(=O)NS(=O)(=O)Cc1ccccc1)c1ccc(-c2ccccc2)c(F)c1. The molecule has 0 aliphatic heterocycles. The Labute approximate surface area is 164 Å². The summed E-state index contributed by atoms with van der Waals surface area (Å²) >= 11 is 0. The third-order valence-corrected chi connectivity index (χ3v) is 5.65. The molecule has 1 N–H and O–H groups in total. The molecule has 0 aliphatic rings. The molecule has 0 aliphatic carbocycles. The van der Waals surface area contributed by atoms with Crippen LogP contribution in [0.4, 0.5) is 4.39 Å². The maximum atomic E-state index is 14.5. The lowest BCUT2D eigenvalue weighted by molar-refractivity contribution is -0.120. The van der Waals surface area contributed by atoms with Crippen LogP contribution in [0.5, 0.6) is 0 Å². The highest BCUT2D eigenvalue weighted by Crippen LogP contribution is 2.26. The van der Waals surface area contributed by atoms with Gasteiger partial charge in [-0.15, -0.1) is 0 Å². The van der Waals surface area contributed by atoms with Gasteiger partial charge >= 0.3 is 0 Å². The van der Waals surface area contributed by atoms with E-state index in [0.717, 1.165) is 5.56 Å². The molecule has 144 valence electrons. The fourth-order valence-corrected chi connectivity index (χ4v) is 4.06. The molecule has 6 heteroatoms. The number of sulfonamides is 1. The molecule has 0 unspecified atom stereocenters. The van der Waals surface area contributed by atoms with Crippen LogP contribution in [0.1, 0.15) is 24.0 Å². The first kappa shape index (κ1) is 19.8. The first-order valence-electron chi connectivity index (χ1n) is 8.79. The summed E-state index contributed by atoms with van der Waals surface area (Å²) in [4.78, 5) is 12.4. The van der Waals surface area contributed by atoms with Crippen molar-refractivity contribution in [2.24, 2.45) is 0 Å². The topological polar surface area (TPSA) is 63.2 Å². The lowest BCUT2D eigenvalue weighted by atomic mass is 9.96. The Morgan fingerprint density at radius 1 is 0.964 bits per heavy atom. The van der Waals surface area contributed by atoms with Gasteiger partial charge in [0, 0.05) is 5.56 Å². The highest BCUT2D eigenvalue weighted by Gasteiger charge is 2.22. The van der Waals surface area contributed by atoms with Gasteiger partial charge in [-0.2, -0.15) is 0 Å². The van der Waals surface area contributed by atoms with Crippen LogP contribution >= 0.6 is 0 Å². The van der Waals surface area contributed by atoms with Gasteiger partial charge in [-0.1, -0.05) is 72.8 Å². The third kappa shape index (κ3) is 4.84. The Morgan fingerprint density at radius 2 is 1.57 bits per heavy atom. The minimum atomic E-state index is -3.84. The van der Waals surface area contributed by atoms with Gasteiger partial charge in [0.1, 0.15) is 5.82 Å². The molecular formula is C22H20FNO3S. The smallest absolute Gasteiger partial charge is 0.240 e. The van der Waals surface area contributed by atoms with Crippen molar-refractivity contribution >= 4 is 15.9 Å². The number of rotatable bonds is 6. The van der Waals surface area contributed by atoms with E-state index in [-0.39, 0.29) is 5.75 Å². The zero-order valence-electron chi connectivity index (χ0n) is 15.3. The average molecular weight is 397 g/mol. The van der Waals surface area contributed by atoms with Gasteiger partial charge in [0.25, 0.3) is 0 Å². The van der Waals surface area contributed by atoms with Gasteiger partial charge in [-0.25, -0.2) is 12.8 Å². The zero-order chi connectivity index (χ0) is 20.1. The quantitative estimate of drug-likeness (QED) is 0.677. The first-order valence-corrected chi connectivity index (χ1v) is 10.4. The number of nitrogens with one attached hydrogen (secondary N) is 1. The summed E-state index contributed by atoms with van der Waals surface area (Å²) in [5.41, 5.74) is 2.14. The van der Waals surface area contributed by atoms with Crippen molar-refractivity contribution in [3.05, 3.63) is 95.8 Å². The van der Waals surface area contributed by atoms with Crippen molar-refractivity contribution in [2.45, 2.75) is 18.6 Å². The fourth-order valence-electron chi connectivity index (χ4n) is 2.88. The number of carbonyl (C=O) groups excluding carboxylic acids is 1. The number of hydrogen-bond donors (Lipinski definition) is 1. The maximum absolute atomic E-state index is 14.5. The van der Waals surface area contributed by atoms with Crippen LogP contribution in [-0.2, 0) is 20.6 Å². The standard InChI is InChI=1S/C22H20FNO3S/c1-16(22(25)24-28(26,27)15-17-8-4-2-5-9-17)19-12-13-20(21(23)14-19)18-10-6-3-7-11-18/h2-14,16H,15H2,1H3,(H,24,25)/t16-/m1/s1. The van der Waals surface area contributed by atoms with Crippen LogP contribution in [0.2, 0.25) is 0 Å². The average Bonchev–Trinajstić information content (AvgIpc) is 2.68. The van der Waals surface area contributed by atoms with E-state index in [1.165, 1.54) is 6.07 Å². The van der Waals surface area contributed by atoms with E-state index in [2.05, 4.69) is 4.72 Å².